The van der Waals surface area contributed by atoms with Crippen LogP contribution < -0.4 is 10.6 Å². The maximum Gasteiger partial charge on any atom is 0.224 e. The fourth-order valence-corrected chi connectivity index (χ4v) is 3.12. The lowest BCUT2D eigenvalue weighted by atomic mass is 10.0. The number of hydrogen-bond acceptors (Lipinski definition) is 3. The molecule has 1 amide bonds. The van der Waals surface area contributed by atoms with Gasteiger partial charge in [-0.15, -0.1) is 0 Å². The molecule has 2 N–H and O–H groups in total. The van der Waals surface area contributed by atoms with E-state index in [2.05, 4.69) is 22.5 Å². The maximum atomic E-state index is 14.2. The van der Waals surface area contributed by atoms with Crippen molar-refractivity contribution in [3.8, 4) is 0 Å². The summed E-state index contributed by atoms with van der Waals surface area (Å²) in [5, 5.41) is 6.13. The molecule has 21 heavy (non-hydrogen) atoms. The van der Waals surface area contributed by atoms with E-state index in [1.807, 2.05) is 0 Å². The molecule has 3 rings (SSSR count). The van der Waals surface area contributed by atoms with Gasteiger partial charge in [-0.25, -0.2) is 4.39 Å². The Hall–Kier alpha value is -1.62. The van der Waals surface area contributed by atoms with Gasteiger partial charge in [-0.2, -0.15) is 0 Å². The largest absolute Gasteiger partial charge is 0.380 e. The van der Waals surface area contributed by atoms with Crippen molar-refractivity contribution in [2.75, 3.05) is 30.3 Å². The van der Waals surface area contributed by atoms with E-state index < -0.39 is 0 Å². The molecule has 2 heterocycles. The van der Waals surface area contributed by atoms with Crippen molar-refractivity contribution in [3.63, 3.8) is 0 Å². The number of amides is 1. The van der Waals surface area contributed by atoms with Gasteiger partial charge in [-0.1, -0.05) is 6.92 Å². The lowest BCUT2D eigenvalue weighted by Gasteiger charge is -2.32. The van der Waals surface area contributed by atoms with E-state index in [0.717, 1.165) is 43.7 Å². The van der Waals surface area contributed by atoms with Gasteiger partial charge in [0.15, 0.2) is 0 Å². The lowest BCUT2D eigenvalue weighted by molar-refractivity contribution is -0.116. The second-order valence-corrected chi connectivity index (χ2v) is 5.89. The average molecular weight is 291 g/mol. The van der Waals surface area contributed by atoms with Crippen LogP contribution in [0.1, 0.15) is 31.7 Å². The maximum absolute atomic E-state index is 14.2. The molecule has 1 aromatic rings. The van der Waals surface area contributed by atoms with Crippen molar-refractivity contribution in [1.29, 1.82) is 0 Å². The Morgan fingerprint density at radius 1 is 1.33 bits per heavy atom. The van der Waals surface area contributed by atoms with Gasteiger partial charge < -0.3 is 15.5 Å². The molecule has 4 nitrogen and oxygen atoms in total. The summed E-state index contributed by atoms with van der Waals surface area (Å²) >= 11 is 0. The molecule has 1 aromatic carbocycles. The molecular weight excluding hydrogens is 269 g/mol. The van der Waals surface area contributed by atoms with E-state index in [1.54, 1.807) is 12.1 Å². The predicted molar refractivity (Wildman–Crippen MR) is 82.1 cm³/mol. The van der Waals surface area contributed by atoms with Crippen LogP contribution in [0, 0.1) is 5.82 Å². The summed E-state index contributed by atoms with van der Waals surface area (Å²) in [5.41, 5.74) is 2.14. The Bertz CT molecular complexity index is 539. The first-order chi connectivity index (χ1) is 10.2. The zero-order valence-corrected chi connectivity index (χ0v) is 12.4. The Kier molecular flexibility index (Phi) is 4.10. The first kappa shape index (κ1) is 14.3. The number of rotatable bonds is 3. The number of benzene rings is 1. The molecule has 2 aliphatic heterocycles. The van der Waals surface area contributed by atoms with Gasteiger partial charge >= 0.3 is 0 Å². The minimum Gasteiger partial charge on any atom is -0.380 e. The monoisotopic (exact) mass is 291 g/mol. The molecule has 0 bridgehead atoms. The number of carbonyl (C=O) groups excluding carboxylic acids is 1. The molecule has 2 aliphatic rings. The molecule has 114 valence electrons. The fourth-order valence-electron chi connectivity index (χ4n) is 3.12. The van der Waals surface area contributed by atoms with Crippen LogP contribution in [-0.2, 0) is 11.2 Å². The summed E-state index contributed by atoms with van der Waals surface area (Å²) in [6.07, 6.45) is 3.11. The number of likely N-dealkylation sites (tertiary alicyclic amines) is 1. The molecule has 0 atom stereocenters. The highest BCUT2D eigenvalue weighted by Crippen LogP contribution is 2.29. The molecule has 0 aromatic heterocycles. The number of nitrogens with one attached hydrogen (secondary N) is 2. The number of anilines is 2. The Labute approximate surface area is 124 Å². The molecule has 1 saturated heterocycles. The molecule has 0 aliphatic carbocycles. The normalized spacial score (nSPS) is 20.0. The van der Waals surface area contributed by atoms with Crippen molar-refractivity contribution in [2.24, 2.45) is 0 Å². The van der Waals surface area contributed by atoms with E-state index in [1.165, 1.54) is 0 Å². The number of carbonyl (C=O) groups is 1. The predicted octanol–water partition coefficient (Wildman–Crippen LogP) is 2.61. The number of aryl methyl sites for hydroxylation is 1. The Morgan fingerprint density at radius 2 is 2.10 bits per heavy atom. The molecule has 1 fully saturated rings. The number of hydrogen-bond donors (Lipinski definition) is 2. The molecule has 5 heteroatoms. The third-order valence-corrected chi connectivity index (χ3v) is 4.48. The molecular formula is C16H22FN3O. The van der Waals surface area contributed by atoms with E-state index >= 15 is 0 Å². The first-order valence-corrected chi connectivity index (χ1v) is 7.77. The van der Waals surface area contributed by atoms with Crippen molar-refractivity contribution in [2.45, 2.75) is 38.6 Å². The van der Waals surface area contributed by atoms with Crippen LogP contribution in [0.4, 0.5) is 15.8 Å². The van der Waals surface area contributed by atoms with Gasteiger partial charge in [0.2, 0.25) is 5.91 Å². The van der Waals surface area contributed by atoms with E-state index in [4.69, 9.17) is 0 Å². The van der Waals surface area contributed by atoms with Gasteiger partial charge in [0.25, 0.3) is 0 Å². The standard InChI is InChI=1S/C16H22FN3O/c1-2-20-7-5-12(6-8-20)18-15-10-14-11(9-13(15)17)3-4-16(21)19-14/h9-10,12,18H,2-8H2,1H3,(H,19,21). The molecule has 0 unspecified atom stereocenters. The Balaban J connectivity index is 1.71. The summed E-state index contributed by atoms with van der Waals surface area (Å²) in [4.78, 5) is 13.9. The number of fused-ring (bicyclic) bond motifs is 1. The quantitative estimate of drug-likeness (QED) is 0.900. The Morgan fingerprint density at radius 3 is 2.81 bits per heavy atom. The summed E-state index contributed by atoms with van der Waals surface area (Å²) < 4.78 is 14.2. The molecule has 0 radical (unpaired) electrons. The van der Waals surface area contributed by atoms with Crippen molar-refractivity contribution >= 4 is 17.3 Å². The second-order valence-electron chi connectivity index (χ2n) is 5.89. The van der Waals surface area contributed by atoms with E-state index in [9.17, 15) is 9.18 Å². The highest BCUT2D eigenvalue weighted by Gasteiger charge is 2.21. The van der Waals surface area contributed by atoms with Crippen molar-refractivity contribution in [1.82, 2.24) is 4.90 Å². The number of nitrogens with zero attached hydrogens (tertiary/aromatic N) is 1. The number of piperidine rings is 1. The smallest absolute Gasteiger partial charge is 0.224 e. The SMILES string of the molecule is CCN1CCC(Nc2cc3c(cc2F)CCC(=O)N3)CC1. The minimum atomic E-state index is -0.220. The van der Waals surface area contributed by atoms with Gasteiger partial charge in [-0.05, 0) is 43.5 Å². The van der Waals surface area contributed by atoms with E-state index in [0.29, 0.717) is 24.6 Å². The zero-order valence-electron chi connectivity index (χ0n) is 12.4. The van der Waals surface area contributed by atoms with Gasteiger partial charge in [0.05, 0.1) is 5.69 Å². The third-order valence-electron chi connectivity index (χ3n) is 4.48. The van der Waals surface area contributed by atoms with Gasteiger partial charge in [0.1, 0.15) is 5.82 Å². The van der Waals surface area contributed by atoms with Crippen LogP contribution in [0.15, 0.2) is 12.1 Å². The van der Waals surface area contributed by atoms with Crippen LogP contribution in [0.3, 0.4) is 0 Å². The van der Waals surface area contributed by atoms with Crippen molar-refractivity contribution < 1.29 is 9.18 Å². The highest BCUT2D eigenvalue weighted by atomic mass is 19.1. The minimum absolute atomic E-state index is 0.0105. The molecule has 0 saturated carbocycles. The third kappa shape index (κ3) is 3.18. The highest BCUT2D eigenvalue weighted by molar-refractivity contribution is 5.94. The summed E-state index contributed by atoms with van der Waals surface area (Å²) in [6.45, 7) is 5.35. The van der Waals surface area contributed by atoms with Crippen LogP contribution in [-0.4, -0.2) is 36.5 Å². The summed E-state index contributed by atoms with van der Waals surface area (Å²) in [5.74, 6) is -0.209. The van der Waals surface area contributed by atoms with Crippen LogP contribution >= 0.6 is 0 Å². The van der Waals surface area contributed by atoms with Gasteiger partial charge in [0, 0.05) is 31.2 Å². The van der Waals surface area contributed by atoms with Crippen LogP contribution in [0.5, 0.6) is 0 Å². The zero-order chi connectivity index (χ0) is 14.8. The topological polar surface area (TPSA) is 44.4 Å². The number of halogens is 1. The summed E-state index contributed by atoms with van der Waals surface area (Å²) in [6, 6.07) is 3.60. The fraction of sp³-hybridized carbons (Fsp3) is 0.562. The van der Waals surface area contributed by atoms with Crippen LogP contribution in [0.2, 0.25) is 0 Å². The van der Waals surface area contributed by atoms with E-state index in [-0.39, 0.29) is 11.7 Å². The summed E-state index contributed by atoms with van der Waals surface area (Å²) in [7, 11) is 0. The van der Waals surface area contributed by atoms with Gasteiger partial charge in [-0.3, -0.25) is 4.79 Å². The average Bonchev–Trinajstić information content (AvgIpc) is 2.49. The molecule has 0 spiro atoms. The lowest BCUT2D eigenvalue weighted by Crippen LogP contribution is -2.39. The van der Waals surface area contributed by atoms with Crippen LogP contribution in [0.25, 0.3) is 0 Å². The first-order valence-electron chi connectivity index (χ1n) is 7.77. The second kappa shape index (κ2) is 6.02. The van der Waals surface area contributed by atoms with Crippen molar-refractivity contribution in [3.05, 3.63) is 23.5 Å².